The van der Waals surface area contributed by atoms with E-state index < -0.39 is 5.60 Å². The third-order valence-corrected chi connectivity index (χ3v) is 7.66. The standard InChI is InChI=1S/C29H37N3O3/c1-29(2,34)21-11-12-27-25(17-21)23(24-9-5-14-30-26(24)19-35-27)10-6-15-32-16-13-22(18-32)31-28(33)20-7-3-4-8-20/h5,9-12,14,17,20,22,34H,3-4,6-8,13,15-16,18-19H2,1-2H3,(H,31,33)/b23-10+/t22-/m0/s1. The number of likely N-dealkylation sites (tertiary alicyclic amines) is 1. The number of aromatic nitrogens is 1. The number of aliphatic hydroxyl groups is 1. The molecule has 0 unspecified atom stereocenters. The van der Waals surface area contributed by atoms with Gasteiger partial charge in [0.25, 0.3) is 0 Å². The van der Waals surface area contributed by atoms with Crippen molar-refractivity contribution in [2.24, 2.45) is 5.92 Å². The number of rotatable bonds is 6. The van der Waals surface area contributed by atoms with Gasteiger partial charge in [0.1, 0.15) is 12.4 Å². The summed E-state index contributed by atoms with van der Waals surface area (Å²) >= 11 is 0. The fourth-order valence-corrected chi connectivity index (χ4v) is 5.61. The summed E-state index contributed by atoms with van der Waals surface area (Å²) in [5, 5.41) is 13.9. The lowest BCUT2D eigenvalue weighted by molar-refractivity contribution is -0.125. The molecule has 1 saturated heterocycles. The molecule has 6 heteroatoms. The van der Waals surface area contributed by atoms with Crippen LogP contribution in [0.2, 0.25) is 0 Å². The van der Waals surface area contributed by atoms with Gasteiger partial charge < -0.3 is 20.1 Å². The van der Waals surface area contributed by atoms with Crippen LogP contribution in [0.3, 0.4) is 0 Å². The molecule has 6 nitrogen and oxygen atoms in total. The lowest BCUT2D eigenvalue weighted by atomic mass is 9.90. The van der Waals surface area contributed by atoms with Crippen LogP contribution in [0, 0.1) is 5.92 Å². The molecule has 0 radical (unpaired) electrons. The lowest BCUT2D eigenvalue weighted by Gasteiger charge is -2.21. The summed E-state index contributed by atoms with van der Waals surface area (Å²) in [6.45, 7) is 6.91. The van der Waals surface area contributed by atoms with Crippen molar-refractivity contribution >= 4 is 11.5 Å². The summed E-state index contributed by atoms with van der Waals surface area (Å²) in [5.74, 6) is 1.31. The quantitative estimate of drug-likeness (QED) is 0.648. The molecule has 1 saturated carbocycles. The predicted molar refractivity (Wildman–Crippen MR) is 137 cm³/mol. The average molecular weight is 476 g/mol. The zero-order valence-electron chi connectivity index (χ0n) is 20.9. The minimum absolute atomic E-state index is 0.230. The molecule has 2 fully saturated rings. The van der Waals surface area contributed by atoms with E-state index in [2.05, 4.69) is 27.3 Å². The van der Waals surface area contributed by atoms with Crippen molar-refractivity contribution < 1.29 is 14.6 Å². The van der Waals surface area contributed by atoms with E-state index in [1.54, 1.807) is 13.8 Å². The number of nitrogens with one attached hydrogen (secondary N) is 1. The maximum Gasteiger partial charge on any atom is 0.223 e. The molecule has 3 heterocycles. The van der Waals surface area contributed by atoms with E-state index in [9.17, 15) is 9.90 Å². The molecule has 0 spiro atoms. The number of ether oxygens (including phenoxy) is 1. The molecular weight excluding hydrogens is 438 g/mol. The molecule has 35 heavy (non-hydrogen) atoms. The Kier molecular flexibility index (Phi) is 6.94. The second kappa shape index (κ2) is 10.1. The van der Waals surface area contributed by atoms with Gasteiger partial charge in [-0.3, -0.25) is 9.78 Å². The van der Waals surface area contributed by atoms with Crippen LogP contribution in [0.25, 0.3) is 5.57 Å². The van der Waals surface area contributed by atoms with Crippen molar-refractivity contribution in [1.82, 2.24) is 15.2 Å². The van der Waals surface area contributed by atoms with Gasteiger partial charge in [-0.05, 0) is 68.9 Å². The number of fused-ring (bicyclic) bond motifs is 2. The molecule has 1 amide bonds. The first-order valence-electron chi connectivity index (χ1n) is 13.1. The van der Waals surface area contributed by atoms with Crippen molar-refractivity contribution in [1.29, 1.82) is 0 Å². The van der Waals surface area contributed by atoms with Crippen LogP contribution < -0.4 is 10.1 Å². The van der Waals surface area contributed by atoms with Gasteiger partial charge in [0, 0.05) is 48.9 Å². The average Bonchev–Trinajstić information content (AvgIpc) is 3.50. The first-order chi connectivity index (χ1) is 16.9. The molecule has 5 rings (SSSR count). The van der Waals surface area contributed by atoms with Crippen LogP contribution >= 0.6 is 0 Å². The van der Waals surface area contributed by atoms with E-state index in [1.807, 2.05) is 30.5 Å². The van der Waals surface area contributed by atoms with E-state index in [0.717, 1.165) is 79.0 Å². The molecule has 3 aliphatic rings. The molecule has 1 aliphatic carbocycles. The van der Waals surface area contributed by atoms with Crippen molar-refractivity contribution in [3.8, 4) is 5.75 Å². The monoisotopic (exact) mass is 475 g/mol. The summed E-state index contributed by atoms with van der Waals surface area (Å²) in [6, 6.07) is 10.3. The van der Waals surface area contributed by atoms with Crippen molar-refractivity contribution in [2.75, 3.05) is 19.6 Å². The first-order valence-corrected chi connectivity index (χ1v) is 13.1. The van der Waals surface area contributed by atoms with Crippen LogP contribution in [0.1, 0.15) is 74.8 Å². The van der Waals surface area contributed by atoms with Gasteiger partial charge in [0.2, 0.25) is 5.91 Å². The number of carbonyl (C=O) groups excluding carboxylic acids is 1. The Morgan fingerprint density at radius 1 is 1.23 bits per heavy atom. The van der Waals surface area contributed by atoms with E-state index in [-0.39, 0.29) is 17.9 Å². The van der Waals surface area contributed by atoms with Gasteiger partial charge in [-0.2, -0.15) is 0 Å². The van der Waals surface area contributed by atoms with Crippen LogP contribution in [0.5, 0.6) is 5.75 Å². The minimum atomic E-state index is -0.933. The number of amides is 1. The number of hydrogen-bond acceptors (Lipinski definition) is 5. The van der Waals surface area contributed by atoms with E-state index in [0.29, 0.717) is 6.61 Å². The molecule has 2 N–H and O–H groups in total. The number of nitrogens with zero attached hydrogens (tertiary/aromatic N) is 2. The Morgan fingerprint density at radius 3 is 2.86 bits per heavy atom. The Morgan fingerprint density at radius 2 is 2.06 bits per heavy atom. The molecule has 186 valence electrons. The second-order valence-corrected chi connectivity index (χ2v) is 10.7. The minimum Gasteiger partial charge on any atom is -0.487 e. The molecule has 1 aromatic carbocycles. The summed E-state index contributed by atoms with van der Waals surface area (Å²) in [5.41, 5.74) is 4.05. The zero-order valence-corrected chi connectivity index (χ0v) is 20.9. The van der Waals surface area contributed by atoms with Gasteiger partial charge >= 0.3 is 0 Å². The molecule has 2 aromatic rings. The molecule has 2 aliphatic heterocycles. The van der Waals surface area contributed by atoms with E-state index in [1.165, 1.54) is 12.8 Å². The SMILES string of the molecule is CC(C)(O)c1ccc2c(c1)/C(=C/CCN1CC[C@H](NC(=O)C3CCCC3)C1)c1cccnc1CO2. The Labute approximate surface area is 208 Å². The summed E-state index contributed by atoms with van der Waals surface area (Å²) < 4.78 is 6.11. The maximum atomic E-state index is 12.5. The Bertz CT molecular complexity index is 1100. The number of carbonyl (C=O) groups is 1. The van der Waals surface area contributed by atoms with Crippen LogP contribution in [0.15, 0.2) is 42.6 Å². The number of hydrogen-bond donors (Lipinski definition) is 2. The second-order valence-electron chi connectivity index (χ2n) is 10.7. The van der Waals surface area contributed by atoms with Crippen molar-refractivity contribution in [3.05, 3.63) is 65.0 Å². The van der Waals surface area contributed by atoms with E-state index in [4.69, 9.17) is 4.74 Å². The normalized spacial score (nSPS) is 21.9. The Hall–Kier alpha value is -2.70. The molecule has 1 aromatic heterocycles. The van der Waals surface area contributed by atoms with Gasteiger partial charge in [-0.15, -0.1) is 0 Å². The van der Waals surface area contributed by atoms with E-state index >= 15 is 0 Å². The summed E-state index contributed by atoms with van der Waals surface area (Å²) in [4.78, 5) is 19.5. The maximum absolute atomic E-state index is 12.5. The topological polar surface area (TPSA) is 74.7 Å². The highest BCUT2D eigenvalue weighted by atomic mass is 16.5. The van der Waals surface area contributed by atoms with Crippen LogP contribution in [0.4, 0.5) is 0 Å². The fraction of sp³-hybridized carbons (Fsp3) is 0.517. The highest BCUT2D eigenvalue weighted by Gasteiger charge is 2.28. The summed E-state index contributed by atoms with van der Waals surface area (Å²) in [7, 11) is 0. The highest BCUT2D eigenvalue weighted by Crippen LogP contribution is 2.38. The van der Waals surface area contributed by atoms with Gasteiger partial charge in [-0.1, -0.05) is 31.1 Å². The molecule has 0 bridgehead atoms. The highest BCUT2D eigenvalue weighted by molar-refractivity contribution is 5.84. The number of pyridine rings is 1. The smallest absolute Gasteiger partial charge is 0.223 e. The fourth-order valence-electron chi connectivity index (χ4n) is 5.61. The Balaban J connectivity index is 1.30. The van der Waals surface area contributed by atoms with Crippen LogP contribution in [-0.2, 0) is 17.0 Å². The molecular formula is C29H37N3O3. The van der Waals surface area contributed by atoms with Gasteiger partial charge in [0.15, 0.2) is 0 Å². The first kappa shape index (κ1) is 24.0. The largest absolute Gasteiger partial charge is 0.487 e. The van der Waals surface area contributed by atoms with Gasteiger partial charge in [-0.25, -0.2) is 0 Å². The predicted octanol–water partition coefficient (Wildman–Crippen LogP) is 4.40. The van der Waals surface area contributed by atoms with Crippen molar-refractivity contribution in [3.63, 3.8) is 0 Å². The molecule has 1 atom stereocenters. The van der Waals surface area contributed by atoms with Crippen molar-refractivity contribution in [2.45, 2.75) is 70.6 Å². The zero-order chi connectivity index (χ0) is 24.4. The number of benzene rings is 1. The lowest BCUT2D eigenvalue weighted by Crippen LogP contribution is -2.40. The summed E-state index contributed by atoms with van der Waals surface area (Å²) in [6.07, 6.45) is 10.5. The third kappa shape index (κ3) is 5.44. The van der Waals surface area contributed by atoms with Crippen LogP contribution in [-0.4, -0.2) is 46.6 Å². The third-order valence-electron chi connectivity index (χ3n) is 7.66. The van der Waals surface area contributed by atoms with Gasteiger partial charge in [0.05, 0.1) is 11.3 Å².